The van der Waals surface area contributed by atoms with Gasteiger partial charge in [-0.05, 0) is 32.6 Å². The van der Waals surface area contributed by atoms with Crippen molar-refractivity contribution in [3.8, 4) is 0 Å². The predicted molar refractivity (Wildman–Crippen MR) is 46.5 cm³/mol. The number of rotatable bonds is 3. The summed E-state index contributed by atoms with van der Waals surface area (Å²) in [5.41, 5.74) is 0. The Balaban J connectivity index is 2.17. The molecular formula is C9H19NO. The van der Waals surface area contributed by atoms with E-state index >= 15 is 0 Å². The molecular weight excluding hydrogens is 138 g/mol. The largest absolute Gasteiger partial charge is 0.393 e. The van der Waals surface area contributed by atoms with Crippen LogP contribution in [0.25, 0.3) is 0 Å². The summed E-state index contributed by atoms with van der Waals surface area (Å²) >= 11 is 0. The summed E-state index contributed by atoms with van der Waals surface area (Å²) < 4.78 is 0. The molecule has 0 spiro atoms. The monoisotopic (exact) mass is 157 g/mol. The molecule has 66 valence electrons. The molecule has 11 heavy (non-hydrogen) atoms. The Hall–Kier alpha value is -0.0800. The van der Waals surface area contributed by atoms with Crippen LogP contribution in [-0.2, 0) is 0 Å². The number of aliphatic hydroxyl groups excluding tert-OH is 1. The van der Waals surface area contributed by atoms with Crippen LogP contribution in [0.15, 0.2) is 0 Å². The molecule has 1 aliphatic rings. The van der Waals surface area contributed by atoms with Crippen LogP contribution >= 0.6 is 0 Å². The van der Waals surface area contributed by atoms with Crippen molar-refractivity contribution in [1.29, 1.82) is 0 Å². The standard InChI is InChI=1S/C9H19NO/c1-3-9(11)6-8-5-4-7(2)10-8/h7-11H,3-6H2,1-2H3. The summed E-state index contributed by atoms with van der Waals surface area (Å²) in [5.74, 6) is 0. The van der Waals surface area contributed by atoms with Crippen LogP contribution in [0.3, 0.4) is 0 Å². The fourth-order valence-corrected chi connectivity index (χ4v) is 1.70. The smallest absolute Gasteiger partial charge is 0.0552 e. The van der Waals surface area contributed by atoms with Gasteiger partial charge in [-0.2, -0.15) is 0 Å². The summed E-state index contributed by atoms with van der Waals surface area (Å²) in [6.45, 7) is 4.24. The third-order valence-electron chi connectivity index (χ3n) is 2.50. The number of aliphatic hydroxyl groups is 1. The van der Waals surface area contributed by atoms with Crippen LogP contribution in [0.2, 0.25) is 0 Å². The lowest BCUT2D eigenvalue weighted by Crippen LogP contribution is -2.30. The van der Waals surface area contributed by atoms with Crippen molar-refractivity contribution in [2.24, 2.45) is 0 Å². The summed E-state index contributed by atoms with van der Waals surface area (Å²) in [4.78, 5) is 0. The lowest BCUT2D eigenvalue weighted by atomic mass is 10.1. The highest BCUT2D eigenvalue weighted by atomic mass is 16.3. The highest BCUT2D eigenvalue weighted by Crippen LogP contribution is 2.16. The second kappa shape index (κ2) is 4.07. The zero-order chi connectivity index (χ0) is 8.27. The average molecular weight is 157 g/mol. The van der Waals surface area contributed by atoms with Crippen LogP contribution in [0.4, 0.5) is 0 Å². The molecule has 1 rings (SSSR count). The van der Waals surface area contributed by atoms with Gasteiger partial charge in [-0.1, -0.05) is 6.92 Å². The van der Waals surface area contributed by atoms with Gasteiger partial charge in [0.05, 0.1) is 6.10 Å². The average Bonchev–Trinajstić information content (AvgIpc) is 2.35. The maximum Gasteiger partial charge on any atom is 0.0552 e. The Morgan fingerprint density at radius 1 is 1.55 bits per heavy atom. The Bertz CT molecular complexity index is 116. The molecule has 1 aliphatic heterocycles. The van der Waals surface area contributed by atoms with Gasteiger partial charge >= 0.3 is 0 Å². The van der Waals surface area contributed by atoms with E-state index in [9.17, 15) is 5.11 Å². The van der Waals surface area contributed by atoms with Gasteiger partial charge < -0.3 is 10.4 Å². The third kappa shape index (κ3) is 2.80. The molecule has 0 aliphatic carbocycles. The topological polar surface area (TPSA) is 32.3 Å². The minimum absolute atomic E-state index is 0.0993. The molecule has 0 bridgehead atoms. The predicted octanol–water partition coefficient (Wildman–Crippen LogP) is 1.29. The van der Waals surface area contributed by atoms with Crippen molar-refractivity contribution in [1.82, 2.24) is 5.32 Å². The fourth-order valence-electron chi connectivity index (χ4n) is 1.70. The molecule has 0 radical (unpaired) electrons. The Kier molecular flexibility index (Phi) is 3.34. The lowest BCUT2D eigenvalue weighted by Gasteiger charge is -2.14. The summed E-state index contributed by atoms with van der Waals surface area (Å²) in [5, 5.41) is 12.8. The first-order valence-corrected chi connectivity index (χ1v) is 4.66. The highest BCUT2D eigenvalue weighted by molar-refractivity contribution is 4.81. The fraction of sp³-hybridized carbons (Fsp3) is 1.00. The minimum Gasteiger partial charge on any atom is -0.393 e. The molecule has 0 aromatic rings. The van der Waals surface area contributed by atoms with Gasteiger partial charge in [-0.15, -0.1) is 0 Å². The maximum absolute atomic E-state index is 9.36. The van der Waals surface area contributed by atoms with Crippen LogP contribution in [0.1, 0.15) is 39.5 Å². The Morgan fingerprint density at radius 3 is 2.73 bits per heavy atom. The van der Waals surface area contributed by atoms with Crippen molar-refractivity contribution in [2.45, 2.75) is 57.7 Å². The van der Waals surface area contributed by atoms with Gasteiger partial charge in [-0.25, -0.2) is 0 Å². The molecule has 2 N–H and O–H groups in total. The number of hydrogen-bond acceptors (Lipinski definition) is 2. The van der Waals surface area contributed by atoms with Crippen LogP contribution in [0, 0.1) is 0 Å². The van der Waals surface area contributed by atoms with E-state index in [1.807, 2.05) is 6.92 Å². The molecule has 3 atom stereocenters. The van der Waals surface area contributed by atoms with Crippen molar-refractivity contribution < 1.29 is 5.11 Å². The summed E-state index contributed by atoms with van der Waals surface area (Å²) in [7, 11) is 0. The second-order valence-electron chi connectivity index (χ2n) is 3.64. The molecule has 2 nitrogen and oxygen atoms in total. The van der Waals surface area contributed by atoms with Gasteiger partial charge in [0.1, 0.15) is 0 Å². The zero-order valence-electron chi connectivity index (χ0n) is 7.51. The van der Waals surface area contributed by atoms with E-state index in [-0.39, 0.29) is 6.10 Å². The molecule has 0 saturated carbocycles. The lowest BCUT2D eigenvalue weighted by molar-refractivity contribution is 0.147. The van der Waals surface area contributed by atoms with Crippen molar-refractivity contribution in [3.05, 3.63) is 0 Å². The Morgan fingerprint density at radius 2 is 2.27 bits per heavy atom. The van der Waals surface area contributed by atoms with Gasteiger partial charge in [-0.3, -0.25) is 0 Å². The van der Waals surface area contributed by atoms with Gasteiger partial charge in [0.2, 0.25) is 0 Å². The first-order valence-electron chi connectivity index (χ1n) is 4.66. The van der Waals surface area contributed by atoms with E-state index < -0.39 is 0 Å². The quantitative estimate of drug-likeness (QED) is 0.647. The number of nitrogens with one attached hydrogen (secondary N) is 1. The first-order chi connectivity index (χ1) is 5.22. The molecule has 1 fully saturated rings. The molecule has 1 heterocycles. The molecule has 3 unspecified atom stereocenters. The highest BCUT2D eigenvalue weighted by Gasteiger charge is 2.21. The molecule has 0 amide bonds. The van der Waals surface area contributed by atoms with Crippen LogP contribution in [0.5, 0.6) is 0 Å². The van der Waals surface area contributed by atoms with E-state index in [1.54, 1.807) is 0 Å². The van der Waals surface area contributed by atoms with Gasteiger partial charge in [0.15, 0.2) is 0 Å². The first kappa shape index (κ1) is 9.01. The van der Waals surface area contributed by atoms with Crippen molar-refractivity contribution in [2.75, 3.05) is 0 Å². The van der Waals surface area contributed by atoms with Crippen LogP contribution in [-0.4, -0.2) is 23.3 Å². The molecule has 0 aromatic heterocycles. The second-order valence-corrected chi connectivity index (χ2v) is 3.64. The number of hydrogen-bond donors (Lipinski definition) is 2. The molecule has 0 aromatic carbocycles. The van der Waals surface area contributed by atoms with E-state index in [0.29, 0.717) is 12.1 Å². The van der Waals surface area contributed by atoms with Crippen LogP contribution < -0.4 is 5.32 Å². The summed E-state index contributed by atoms with van der Waals surface area (Å²) in [6, 6.07) is 1.23. The SMILES string of the molecule is CCC(O)CC1CCC(C)N1. The Labute approximate surface area is 69.0 Å². The minimum atomic E-state index is -0.0993. The zero-order valence-corrected chi connectivity index (χ0v) is 7.51. The van der Waals surface area contributed by atoms with E-state index in [0.717, 1.165) is 12.8 Å². The normalized spacial score (nSPS) is 34.1. The van der Waals surface area contributed by atoms with Crippen molar-refractivity contribution >= 4 is 0 Å². The van der Waals surface area contributed by atoms with E-state index in [1.165, 1.54) is 12.8 Å². The molecule has 2 heteroatoms. The summed E-state index contributed by atoms with van der Waals surface area (Å²) in [6.07, 6.45) is 4.21. The van der Waals surface area contributed by atoms with Crippen molar-refractivity contribution in [3.63, 3.8) is 0 Å². The molecule has 1 saturated heterocycles. The maximum atomic E-state index is 9.36. The van der Waals surface area contributed by atoms with Gasteiger partial charge in [0, 0.05) is 12.1 Å². The van der Waals surface area contributed by atoms with E-state index in [2.05, 4.69) is 12.2 Å². The van der Waals surface area contributed by atoms with Gasteiger partial charge in [0.25, 0.3) is 0 Å². The third-order valence-corrected chi connectivity index (χ3v) is 2.50. The van der Waals surface area contributed by atoms with E-state index in [4.69, 9.17) is 0 Å².